The fourth-order valence-corrected chi connectivity index (χ4v) is 42.1. The van der Waals surface area contributed by atoms with Gasteiger partial charge in [-0.25, -0.2) is 22.4 Å². The maximum Gasteiger partial charge on any atom is 0.0230 e. The van der Waals surface area contributed by atoms with Crippen molar-refractivity contribution in [1.82, 2.24) is 0 Å². The molecule has 13 heavy (non-hydrogen) atoms. The van der Waals surface area contributed by atoms with Gasteiger partial charge in [0.25, 0.3) is 0 Å². The third-order valence-electron chi connectivity index (χ3n) is 0.675. The van der Waals surface area contributed by atoms with Gasteiger partial charge in [0.05, 0.1) is 0 Å². The highest BCUT2D eigenvalue weighted by molar-refractivity contribution is 9.55. The van der Waals surface area contributed by atoms with Crippen LogP contribution >= 0.6 is 11.7 Å². The lowest BCUT2D eigenvalue weighted by molar-refractivity contribution is 5.21. The van der Waals surface area contributed by atoms with Crippen molar-refractivity contribution in [3.8, 4) is 0 Å². The molecule has 0 heterocycles. The molecule has 0 aromatic rings. The van der Waals surface area contributed by atoms with Crippen LogP contribution in [0.2, 0.25) is 0 Å². The Hall–Kier alpha value is 3.51. The summed E-state index contributed by atoms with van der Waals surface area (Å²) in [6, 6.07) is 0. The lowest BCUT2D eigenvalue weighted by atomic mass is 29.9. The van der Waals surface area contributed by atoms with Gasteiger partial charge in [0.2, 0.25) is 0 Å². The fraction of sp³-hybridized carbons (Fsp3) is 0. The summed E-state index contributed by atoms with van der Waals surface area (Å²) >= 11 is 44.3. The third-order valence-corrected chi connectivity index (χ3v) is 54.6. The van der Waals surface area contributed by atoms with Gasteiger partial charge < -0.3 is 0 Å². The van der Waals surface area contributed by atoms with Crippen molar-refractivity contribution in [3.63, 3.8) is 0 Å². The van der Waals surface area contributed by atoms with Crippen molar-refractivity contribution in [2.75, 3.05) is 0 Å². The van der Waals surface area contributed by atoms with Crippen LogP contribution in [0.15, 0.2) is 0 Å². The van der Waals surface area contributed by atoms with Crippen LogP contribution < -0.4 is 0 Å². The van der Waals surface area contributed by atoms with E-state index in [0.717, 1.165) is 0 Å². The summed E-state index contributed by atoms with van der Waals surface area (Å²) in [7, 11) is -0.995. The van der Waals surface area contributed by atoms with E-state index in [4.69, 9.17) is 89.5 Å². The first-order valence-corrected chi connectivity index (χ1v) is 18.1. The maximum atomic E-state index is 5.15. The molecule has 0 bridgehead atoms. The highest BCUT2D eigenvalue weighted by Gasteiger charge is 2.13. The Morgan fingerprint density at radius 1 is 0.846 bits per heavy atom. The monoisotopic (exact) mass is 417 g/mol. The molecule has 0 spiro atoms. The summed E-state index contributed by atoms with van der Waals surface area (Å²) in [4.78, 5) is 0. The quantitative estimate of drug-likeness (QED) is 0.392. The van der Waals surface area contributed by atoms with E-state index in [1.807, 2.05) is 0 Å². The number of hydrogen-bond donors (Lipinski definition) is 1. The van der Waals surface area contributed by atoms with E-state index in [9.17, 15) is 0 Å². The minimum atomic E-state index is -2.31. The molecule has 0 saturated carbocycles. The van der Waals surface area contributed by atoms with Gasteiger partial charge in [-0.15, -0.1) is 0 Å². The molecule has 0 aliphatic rings. The minimum Gasteiger partial charge on any atom is -0.271 e. The first-order chi connectivity index (χ1) is 5.44. The Morgan fingerprint density at radius 2 is 1.15 bits per heavy atom. The van der Waals surface area contributed by atoms with Crippen molar-refractivity contribution < 1.29 is 0 Å². The lowest BCUT2D eigenvalue weighted by Crippen LogP contribution is -2.15. The van der Waals surface area contributed by atoms with E-state index >= 15 is 0 Å². The first kappa shape index (κ1) is 16.5. The van der Waals surface area contributed by atoms with Gasteiger partial charge in [-0.2, -0.15) is 0 Å². The van der Waals surface area contributed by atoms with Crippen molar-refractivity contribution in [2.45, 2.75) is 0 Å². The highest BCUT2D eigenvalue weighted by atomic mass is 34.2. The third kappa shape index (κ3) is 3.74. The second kappa shape index (κ2) is 5.44. The zero-order chi connectivity index (χ0) is 11.1. The van der Waals surface area contributed by atoms with E-state index in [2.05, 4.69) is 11.7 Å². The molecule has 0 radical (unpaired) electrons. The summed E-state index contributed by atoms with van der Waals surface area (Å²) in [5, 5.41) is -6.79. The zero-order valence-electron chi connectivity index (χ0n) is 5.35. The average Bonchev–Trinajstić information content (AvgIpc) is 1.84. The summed E-state index contributed by atoms with van der Waals surface area (Å²) in [6.45, 7) is 0. The van der Waals surface area contributed by atoms with Crippen molar-refractivity contribution in [2.24, 2.45) is 0 Å². The van der Waals surface area contributed by atoms with Crippen LogP contribution in [0.5, 0.6) is 0 Å². The van der Waals surface area contributed by atoms with E-state index in [1.165, 1.54) is 0 Å². The summed E-state index contributed by atoms with van der Waals surface area (Å²) in [5.41, 5.74) is 0. The molecule has 0 amide bonds. The second-order valence-corrected chi connectivity index (χ2v) is 39.1. The predicted molar refractivity (Wildman–Crippen MR) is 97.4 cm³/mol. The number of hydrogen-bond acceptors (Lipinski definition) is 9. The summed E-state index contributed by atoms with van der Waals surface area (Å²) < 4.78 is 0. The van der Waals surface area contributed by atoms with Crippen molar-refractivity contribution in [3.05, 3.63) is 0 Å². The zero-order valence-corrected chi connectivity index (χ0v) is 16.0. The Balaban J connectivity index is 6.26. The predicted octanol–water partition coefficient (Wildman–Crippen LogP) is 0.352. The molecular weight excluding hydrogens is 417 g/mol. The molecule has 0 unspecified atom stereocenters. The molecule has 0 aliphatic heterocycles. The topological polar surface area (TPSA) is 0 Å². The Labute approximate surface area is 121 Å². The van der Waals surface area contributed by atoms with Gasteiger partial charge in [0.1, 0.15) is 0 Å². The van der Waals surface area contributed by atoms with Gasteiger partial charge in [0, 0.05) is 10.4 Å². The molecule has 0 rings (SSSR count). The summed E-state index contributed by atoms with van der Waals surface area (Å²) in [5.74, 6) is 0. The van der Waals surface area contributed by atoms with Crippen LogP contribution in [0, 0.1) is 0 Å². The van der Waals surface area contributed by atoms with E-state index in [-0.39, 0.29) is 0 Å². The Kier molecular flexibility index (Phi) is 6.90. The van der Waals surface area contributed by atoms with E-state index < -0.39 is 22.7 Å². The average molecular weight is 418 g/mol. The normalized spacial score (nSPS) is 14.6. The van der Waals surface area contributed by atoms with Gasteiger partial charge in [0.15, 0.2) is 0 Å². The molecule has 0 aromatic carbocycles. The fourth-order valence-electron chi connectivity index (χ4n) is 0.173. The van der Waals surface area contributed by atoms with Crippen molar-refractivity contribution in [1.29, 1.82) is 0 Å². The Morgan fingerprint density at radius 3 is 1.23 bits per heavy atom. The molecule has 0 fully saturated rings. The van der Waals surface area contributed by atoms with Crippen LogP contribution in [0.1, 0.15) is 0 Å². The molecule has 0 aromatic heterocycles. The largest absolute Gasteiger partial charge is 0.271 e. The molecule has 13 heteroatoms. The standard InChI is InChI=1S/HS13/c1-10(2)12(6,7)13(8,9)11(3,4)5/h(H,3,4,5)/q-1. The number of rotatable bonds is 3. The highest BCUT2D eigenvalue weighted by Crippen LogP contribution is 2.21. The van der Waals surface area contributed by atoms with Gasteiger partial charge in [-0.1, -0.05) is 39.2 Å². The molecule has 0 nitrogen and oxygen atoms in total. The Bertz CT molecular complexity index is 540. The molecule has 0 saturated heterocycles. The molecule has 0 N–H and O–H groups in total. The molecule has 80 valence electrons. The lowest BCUT2D eigenvalue weighted by Gasteiger charge is -2.22. The van der Waals surface area contributed by atoms with Crippen LogP contribution in [-0.4, -0.2) is 0 Å². The van der Waals surface area contributed by atoms with Gasteiger partial charge in [-0.3, -0.25) is 7.05 Å². The van der Waals surface area contributed by atoms with Crippen LogP contribution in [0.4, 0.5) is 0 Å². The van der Waals surface area contributed by atoms with Crippen LogP contribution in [0.3, 0.4) is 0 Å². The second-order valence-electron chi connectivity index (χ2n) is 1.45. The van der Waals surface area contributed by atoms with Crippen LogP contribution in [0.25, 0.3) is 0 Å². The molecular formula is HS13-. The smallest absolute Gasteiger partial charge is 0.0230 e. The summed E-state index contributed by atoms with van der Waals surface area (Å²) in [6.07, 6.45) is 0. The molecule has 0 aliphatic carbocycles. The first-order valence-electron chi connectivity index (χ1n) is 2.02. The van der Waals surface area contributed by atoms with Crippen LogP contribution in [-0.2, 0) is 112 Å². The van der Waals surface area contributed by atoms with Gasteiger partial charge >= 0.3 is 0 Å². The molecule has 0 atom stereocenters. The minimum absolute atomic E-state index is 0.995. The van der Waals surface area contributed by atoms with Gasteiger partial charge in [-0.05, 0) is 44.8 Å². The SMILES string of the molecule is S=[S-](=S)S(=S)(=S)S(=S)(=S)S(=S)(=S)S. The van der Waals surface area contributed by atoms with Crippen molar-refractivity contribution >= 4 is 124 Å². The number of thiol groups is 1. The van der Waals surface area contributed by atoms with E-state index in [1.54, 1.807) is 0 Å². The maximum absolute atomic E-state index is 5.15. The van der Waals surface area contributed by atoms with E-state index in [0.29, 0.717) is 0 Å².